The molecule has 1 saturated heterocycles. The Morgan fingerprint density at radius 2 is 1.52 bits per heavy atom. The Balaban J connectivity index is 1.24. The first-order valence-corrected chi connectivity index (χ1v) is 11.9. The van der Waals surface area contributed by atoms with Gasteiger partial charge in [0.15, 0.2) is 12.4 Å². The van der Waals surface area contributed by atoms with E-state index in [1.807, 2.05) is 0 Å². The zero-order valence-corrected chi connectivity index (χ0v) is 19.1. The van der Waals surface area contributed by atoms with Crippen molar-refractivity contribution in [2.24, 2.45) is 35.5 Å². The standard InChI is InChI=1S/C26H20BrNO5/c27-14-7-5-13(6-8-14)21(29)12-33-26(32)17-3-1-2-4-20(17)28-24(30)22-15-9-10-16(19-11-18(15)19)23(22)25(28)31/h1-10,15-16,18-19,22-23H,11-12H2/t15-,16-,18-,19+,22+,23+/m0/s1. The normalized spacial score (nSPS) is 30.8. The minimum Gasteiger partial charge on any atom is -0.454 e. The second-order valence-corrected chi connectivity index (χ2v) is 10.1. The molecule has 0 spiro atoms. The Morgan fingerprint density at radius 1 is 0.909 bits per heavy atom. The average molecular weight is 506 g/mol. The molecule has 7 heteroatoms. The lowest BCUT2D eigenvalue weighted by molar-refractivity contribution is -0.124. The van der Waals surface area contributed by atoms with Gasteiger partial charge in [0, 0.05) is 10.0 Å². The first kappa shape index (κ1) is 20.5. The number of benzene rings is 2. The number of halogens is 1. The van der Waals surface area contributed by atoms with Gasteiger partial charge in [0.25, 0.3) is 0 Å². The van der Waals surface area contributed by atoms with E-state index in [0.717, 1.165) is 10.9 Å². The van der Waals surface area contributed by atoms with Gasteiger partial charge in [0.1, 0.15) is 0 Å². The second kappa shape index (κ2) is 7.48. The van der Waals surface area contributed by atoms with Crippen molar-refractivity contribution in [3.63, 3.8) is 0 Å². The molecule has 2 bridgehead atoms. The summed E-state index contributed by atoms with van der Waals surface area (Å²) in [6, 6.07) is 13.2. The summed E-state index contributed by atoms with van der Waals surface area (Å²) < 4.78 is 6.12. The molecule has 6 atom stereocenters. The maximum atomic E-state index is 13.4. The van der Waals surface area contributed by atoms with Gasteiger partial charge in [-0.25, -0.2) is 9.69 Å². The molecule has 166 valence electrons. The van der Waals surface area contributed by atoms with E-state index in [1.165, 1.54) is 11.0 Å². The van der Waals surface area contributed by atoms with Crippen molar-refractivity contribution in [1.29, 1.82) is 0 Å². The predicted molar refractivity (Wildman–Crippen MR) is 122 cm³/mol. The number of ketones is 1. The van der Waals surface area contributed by atoms with Crippen LogP contribution in [-0.4, -0.2) is 30.2 Å². The molecule has 0 N–H and O–H groups in total. The monoisotopic (exact) mass is 505 g/mol. The molecular formula is C26H20BrNO5. The van der Waals surface area contributed by atoms with Gasteiger partial charge in [0.05, 0.1) is 23.1 Å². The molecule has 0 radical (unpaired) electrons. The largest absolute Gasteiger partial charge is 0.454 e. The van der Waals surface area contributed by atoms with Gasteiger partial charge in [-0.2, -0.15) is 0 Å². The topological polar surface area (TPSA) is 80.8 Å². The summed E-state index contributed by atoms with van der Waals surface area (Å²) in [4.78, 5) is 53.3. The molecule has 0 unspecified atom stereocenters. The van der Waals surface area contributed by atoms with E-state index in [1.54, 1.807) is 42.5 Å². The minimum atomic E-state index is -0.740. The molecule has 5 aliphatic rings. The number of esters is 1. The predicted octanol–water partition coefficient (Wildman–Crippen LogP) is 4.05. The number of nitrogens with zero attached hydrogens (tertiary/aromatic N) is 1. The van der Waals surface area contributed by atoms with Crippen LogP contribution in [0.5, 0.6) is 0 Å². The van der Waals surface area contributed by atoms with Crippen molar-refractivity contribution in [1.82, 2.24) is 0 Å². The number of carbonyl (C=O) groups excluding carboxylic acids is 4. The molecule has 1 heterocycles. The van der Waals surface area contributed by atoms with Crippen molar-refractivity contribution in [2.45, 2.75) is 6.42 Å². The number of para-hydroxylation sites is 1. The van der Waals surface area contributed by atoms with Gasteiger partial charge in [-0.1, -0.05) is 52.3 Å². The summed E-state index contributed by atoms with van der Waals surface area (Å²) >= 11 is 3.32. The fraction of sp³-hybridized carbons (Fsp3) is 0.308. The third kappa shape index (κ3) is 3.13. The second-order valence-electron chi connectivity index (χ2n) is 9.19. The van der Waals surface area contributed by atoms with Crippen LogP contribution >= 0.6 is 15.9 Å². The summed E-state index contributed by atoms with van der Waals surface area (Å²) in [7, 11) is 0. The Kier molecular flexibility index (Phi) is 4.66. The van der Waals surface area contributed by atoms with Crippen LogP contribution in [0.2, 0.25) is 0 Å². The van der Waals surface area contributed by atoms with E-state index in [9.17, 15) is 19.2 Å². The Labute approximate surface area is 198 Å². The van der Waals surface area contributed by atoms with E-state index in [0.29, 0.717) is 17.4 Å². The fourth-order valence-electron chi connectivity index (χ4n) is 5.96. The molecule has 6 nitrogen and oxygen atoms in total. The molecule has 1 aliphatic heterocycles. The van der Waals surface area contributed by atoms with Crippen molar-refractivity contribution in [3.8, 4) is 0 Å². The lowest BCUT2D eigenvalue weighted by atomic mass is 9.63. The lowest BCUT2D eigenvalue weighted by Crippen LogP contribution is -2.40. The molecular weight excluding hydrogens is 486 g/mol. The quantitative estimate of drug-likeness (QED) is 0.265. The third-order valence-electron chi connectivity index (χ3n) is 7.53. The van der Waals surface area contributed by atoms with E-state index in [4.69, 9.17) is 4.74 Å². The highest BCUT2D eigenvalue weighted by Crippen LogP contribution is 2.65. The molecule has 2 aromatic carbocycles. The van der Waals surface area contributed by atoms with Gasteiger partial charge in [-0.15, -0.1) is 0 Å². The summed E-state index contributed by atoms with van der Waals surface area (Å²) in [6.45, 7) is -0.431. The van der Waals surface area contributed by atoms with Crippen LogP contribution in [0.15, 0.2) is 65.2 Å². The summed E-state index contributed by atoms with van der Waals surface area (Å²) in [5.74, 6) is -1.03. The SMILES string of the molecule is O=C(COC(=O)c1ccccc1N1C(=O)[C@@H]2[C@H]3C=C[C@@H]([C@@H]4C[C@H]34)[C@H]2C1=O)c1ccc(Br)cc1. The van der Waals surface area contributed by atoms with Crippen LogP contribution in [0.25, 0.3) is 0 Å². The number of hydrogen-bond acceptors (Lipinski definition) is 5. The summed E-state index contributed by atoms with van der Waals surface area (Å²) in [5, 5.41) is 0. The third-order valence-corrected chi connectivity index (χ3v) is 8.06. The number of amides is 2. The molecule has 4 aliphatic carbocycles. The summed E-state index contributed by atoms with van der Waals surface area (Å²) in [5.41, 5.74) is 0.762. The number of rotatable bonds is 5. The maximum absolute atomic E-state index is 13.4. The Morgan fingerprint density at radius 3 is 2.15 bits per heavy atom. The number of Topliss-reactive ketones (excluding diaryl/α,β-unsaturated/α-hetero) is 1. The molecule has 2 aromatic rings. The number of imide groups is 1. The zero-order chi connectivity index (χ0) is 22.9. The number of hydrogen-bond donors (Lipinski definition) is 0. The van der Waals surface area contributed by atoms with Crippen LogP contribution in [-0.2, 0) is 14.3 Å². The first-order valence-electron chi connectivity index (χ1n) is 11.1. The smallest absolute Gasteiger partial charge is 0.340 e. The van der Waals surface area contributed by atoms with Crippen LogP contribution in [0.3, 0.4) is 0 Å². The highest BCUT2D eigenvalue weighted by Gasteiger charge is 2.67. The molecule has 0 aromatic heterocycles. The number of allylic oxidation sites excluding steroid dienone is 2. The van der Waals surface area contributed by atoms with Crippen molar-refractivity contribution < 1.29 is 23.9 Å². The van der Waals surface area contributed by atoms with E-state index in [-0.39, 0.29) is 52.5 Å². The number of ether oxygens (including phenoxy) is 1. The van der Waals surface area contributed by atoms with Crippen LogP contribution in [0, 0.1) is 35.5 Å². The van der Waals surface area contributed by atoms with Crippen LogP contribution < -0.4 is 4.90 Å². The van der Waals surface area contributed by atoms with Crippen molar-refractivity contribution in [3.05, 3.63) is 76.3 Å². The van der Waals surface area contributed by atoms with Crippen LogP contribution in [0.4, 0.5) is 5.69 Å². The first-order chi connectivity index (χ1) is 16.0. The summed E-state index contributed by atoms with van der Waals surface area (Å²) in [6.07, 6.45) is 5.32. The van der Waals surface area contributed by atoms with Gasteiger partial charge in [-0.3, -0.25) is 14.4 Å². The molecule has 3 fully saturated rings. The highest BCUT2D eigenvalue weighted by atomic mass is 79.9. The number of carbonyl (C=O) groups is 4. The van der Waals surface area contributed by atoms with E-state index >= 15 is 0 Å². The van der Waals surface area contributed by atoms with Gasteiger partial charge < -0.3 is 4.74 Å². The Hall–Kier alpha value is -3.06. The van der Waals surface area contributed by atoms with Gasteiger partial charge in [-0.05, 0) is 54.4 Å². The lowest BCUT2D eigenvalue weighted by Gasteiger charge is -2.37. The molecule has 2 amide bonds. The van der Waals surface area contributed by atoms with E-state index < -0.39 is 12.6 Å². The molecule has 33 heavy (non-hydrogen) atoms. The highest BCUT2D eigenvalue weighted by molar-refractivity contribution is 9.10. The number of anilines is 1. The van der Waals surface area contributed by atoms with E-state index in [2.05, 4.69) is 28.1 Å². The minimum absolute atomic E-state index is 0.104. The van der Waals surface area contributed by atoms with Crippen LogP contribution in [0.1, 0.15) is 27.1 Å². The average Bonchev–Trinajstić information content (AvgIpc) is 3.61. The van der Waals surface area contributed by atoms with Gasteiger partial charge >= 0.3 is 5.97 Å². The van der Waals surface area contributed by atoms with Gasteiger partial charge in [0.2, 0.25) is 11.8 Å². The fourth-order valence-corrected chi connectivity index (χ4v) is 6.23. The van der Waals surface area contributed by atoms with Crippen molar-refractivity contribution in [2.75, 3.05) is 11.5 Å². The zero-order valence-electron chi connectivity index (χ0n) is 17.5. The molecule has 7 rings (SSSR count). The molecule has 2 saturated carbocycles. The maximum Gasteiger partial charge on any atom is 0.340 e. The van der Waals surface area contributed by atoms with Crippen molar-refractivity contribution >= 4 is 45.2 Å². The Bertz CT molecular complexity index is 1200.